The van der Waals surface area contributed by atoms with Crippen molar-refractivity contribution in [3.63, 3.8) is 0 Å². The number of pyridine rings is 1. The van der Waals surface area contributed by atoms with Crippen LogP contribution in [0.25, 0.3) is 10.9 Å². The van der Waals surface area contributed by atoms with Gasteiger partial charge in [-0.3, -0.25) is 9.98 Å². The molecule has 3 heterocycles. The Kier molecular flexibility index (Phi) is 6.11. The maximum atomic E-state index is 5.89. The van der Waals surface area contributed by atoms with Crippen LogP contribution in [0, 0.1) is 0 Å². The lowest BCUT2D eigenvalue weighted by Crippen LogP contribution is -2.47. The Morgan fingerprint density at radius 3 is 2.88 bits per heavy atom. The average Bonchev–Trinajstić information content (AvgIpc) is 3.23. The molecule has 0 aliphatic carbocycles. The summed E-state index contributed by atoms with van der Waals surface area (Å²) in [6.45, 7) is 0.812. The Labute approximate surface area is 165 Å². The Morgan fingerprint density at radius 2 is 2.12 bits per heavy atom. The van der Waals surface area contributed by atoms with E-state index in [1.54, 1.807) is 0 Å². The Hall–Kier alpha value is -1.41. The number of halogens is 1. The van der Waals surface area contributed by atoms with E-state index in [0.717, 1.165) is 36.6 Å². The van der Waals surface area contributed by atoms with Crippen LogP contribution >= 0.6 is 24.0 Å². The lowest BCUT2D eigenvalue weighted by atomic mass is 9.96. The smallest absolute Gasteiger partial charge is 0.191 e. The zero-order valence-corrected chi connectivity index (χ0v) is 16.8. The van der Waals surface area contributed by atoms with Crippen molar-refractivity contribution in [2.24, 2.45) is 4.99 Å². The monoisotopic (exact) mass is 452 g/mol. The Morgan fingerprint density at radius 1 is 1.24 bits per heavy atom. The van der Waals surface area contributed by atoms with Crippen LogP contribution in [-0.2, 0) is 11.2 Å². The van der Waals surface area contributed by atoms with Gasteiger partial charge in [-0.2, -0.15) is 0 Å². The van der Waals surface area contributed by atoms with E-state index in [0.29, 0.717) is 18.2 Å². The molecule has 1 aromatic carbocycles. The number of aliphatic imine (C=N–C) groups is 1. The van der Waals surface area contributed by atoms with Crippen LogP contribution in [0.3, 0.4) is 0 Å². The van der Waals surface area contributed by atoms with Crippen LogP contribution in [0.15, 0.2) is 41.4 Å². The summed E-state index contributed by atoms with van der Waals surface area (Å²) in [5.74, 6) is 0.858. The molecule has 0 amide bonds. The molecule has 0 spiro atoms. The number of rotatable bonds is 4. The fourth-order valence-corrected chi connectivity index (χ4v) is 3.72. The number of ether oxygens (including phenoxy) is 1. The predicted molar refractivity (Wildman–Crippen MR) is 112 cm³/mol. The molecule has 2 aliphatic heterocycles. The van der Waals surface area contributed by atoms with E-state index in [-0.39, 0.29) is 24.0 Å². The minimum absolute atomic E-state index is 0. The van der Waals surface area contributed by atoms with Gasteiger partial charge in [0.2, 0.25) is 0 Å². The third kappa shape index (κ3) is 4.23. The number of guanidine groups is 1. The molecule has 6 heteroatoms. The number of benzene rings is 1. The topological polar surface area (TPSA) is 58.5 Å². The summed E-state index contributed by atoms with van der Waals surface area (Å²) in [7, 11) is 1.82. The highest BCUT2D eigenvalue weighted by molar-refractivity contribution is 14.0. The summed E-state index contributed by atoms with van der Waals surface area (Å²) < 4.78 is 5.89. The SMILES string of the molecule is CN=C(NCCc1ccc2ccccc2n1)NC1CC2CCC1O2.I. The van der Waals surface area contributed by atoms with E-state index in [9.17, 15) is 0 Å². The summed E-state index contributed by atoms with van der Waals surface area (Å²) in [5, 5.41) is 8.09. The fourth-order valence-electron chi connectivity index (χ4n) is 3.72. The quantitative estimate of drug-likeness (QED) is 0.426. The number of hydrogen-bond donors (Lipinski definition) is 2. The molecule has 0 saturated carbocycles. The van der Waals surface area contributed by atoms with Gasteiger partial charge in [-0.05, 0) is 31.4 Å². The lowest BCUT2D eigenvalue weighted by Gasteiger charge is -2.22. The van der Waals surface area contributed by atoms with Gasteiger partial charge in [-0.25, -0.2) is 0 Å². The fraction of sp³-hybridized carbons (Fsp3) is 0.474. The normalized spacial score (nSPS) is 25.0. The van der Waals surface area contributed by atoms with Gasteiger partial charge in [0, 0.05) is 31.1 Å². The van der Waals surface area contributed by atoms with Gasteiger partial charge in [0.05, 0.1) is 23.8 Å². The van der Waals surface area contributed by atoms with Crippen LogP contribution < -0.4 is 10.6 Å². The van der Waals surface area contributed by atoms with E-state index in [1.165, 1.54) is 18.2 Å². The first-order chi connectivity index (χ1) is 11.8. The highest BCUT2D eigenvalue weighted by atomic mass is 127. The third-order valence-electron chi connectivity index (χ3n) is 4.98. The van der Waals surface area contributed by atoms with Crippen molar-refractivity contribution in [1.82, 2.24) is 15.6 Å². The van der Waals surface area contributed by atoms with Crippen LogP contribution in [0.2, 0.25) is 0 Å². The van der Waals surface area contributed by atoms with E-state index in [1.807, 2.05) is 19.2 Å². The first kappa shape index (κ1) is 18.4. The lowest BCUT2D eigenvalue weighted by molar-refractivity contribution is 0.0992. The van der Waals surface area contributed by atoms with Crippen molar-refractivity contribution in [1.29, 1.82) is 0 Å². The van der Waals surface area contributed by atoms with Gasteiger partial charge in [0.1, 0.15) is 0 Å². The predicted octanol–water partition coefficient (Wildman–Crippen LogP) is 2.88. The van der Waals surface area contributed by atoms with Gasteiger partial charge < -0.3 is 15.4 Å². The molecule has 2 saturated heterocycles. The number of nitrogens with one attached hydrogen (secondary N) is 2. The van der Waals surface area contributed by atoms with E-state index >= 15 is 0 Å². The molecule has 0 radical (unpaired) electrons. The maximum Gasteiger partial charge on any atom is 0.191 e. The first-order valence-corrected chi connectivity index (χ1v) is 8.79. The maximum absolute atomic E-state index is 5.89. The summed E-state index contributed by atoms with van der Waals surface area (Å²) in [6.07, 6.45) is 5.15. The molecule has 1 aromatic heterocycles. The summed E-state index contributed by atoms with van der Waals surface area (Å²) in [6, 6.07) is 12.9. The molecule has 25 heavy (non-hydrogen) atoms. The van der Waals surface area contributed by atoms with Gasteiger partial charge in [0.15, 0.2) is 5.96 Å². The molecule has 2 N–H and O–H groups in total. The van der Waals surface area contributed by atoms with E-state index < -0.39 is 0 Å². The molecule has 3 unspecified atom stereocenters. The molecule has 3 atom stereocenters. The molecule has 2 aliphatic rings. The zero-order chi connectivity index (χ0) is 16.4. The molecule has 2 fully saturated rings. The van der Waals surface area contributed by atoms with Crippen molar-refractivity contribution >= 4 is 40.8 Å². The van der Waals surface area contributed by atoms with Crippen LogP contribution in [-0.4, -0.2) is 42.8 Å². The van der Waals surface area contributed by atoms with Crippen molar-refractivity contribution in [3.05, 3.63) is 42.1 Å². The molecule has 5 nitrogen and oxygen atoms in total. The molecule has 2 bridgehead atoms. The standard InChI is InChI=1S/C19H24N4O.HI/c1-20-19(23-17-12-15-8-9-18(17)24-15)21-11-10-14-7-6-13-4-2-3-5-16(13)22-14;/h2-7,15,17-18H,8-12H2,1H3,(H2,20,21,23);1H. The second kappa shape index (κ2) is 8.31. The number of fused-ring (bicyclic) bond motifs is 3. The van der Waals surface area contributed by atoms with Crippen LogP contribution in [0.1, 0.15) is 25.0 Å². The number of aromatic nitrogens is 1. The second-order valence-corrected chi connectivity index (χ2v) is 6.60. The highest BCUT2D eigenvalue weighted by Crippen LogP contribution is 2.34. The average molecular weight is 452 g/mol. The van der Waals surface area contributed by atoms with Gasteiger partial charge in [-0.1, -0.05) is 24.3 Å². The van der Waals surface area contributed by atoms with Gasteiger partial charge >= 0.3 is 0 Å². The Bertz CT molecular complexity index is 751. The molecule has 134 valence electrons. The Balaban J connectivity index is 0.00000182. The molecular weight excluding hydrogens is 427 g/mol. The number of hydrogen-bond acceptors (Lipinski definition) is 3. The van der Waals surface area contributed by atoms with E-state index in [4.69, 9.17) is 9.72 Å². The minimum atomic E-state index is 0. The molecule has 2 aromatic rings. The summed E-state index contributed by atoms with van der Waals surface area (Å²) >= 11 is 0. The third-order valence-corrected chi connectivity index (χ3v) is 4.98. The van der Waals surface area contributed by atoms with Crippen molar-refractivity contribution in [2.75, 3.05) is 13.6 Å². The number of para-hydroxylation sites is 1. The highest BCUT2D eigenvalue weighted by Gasteiger charge is 2.41. The van der Waals surface area contributed by atoms with Gasteiger partial charge in [-0.15, -0.1) is 24.0 Å². The summed E-state index contributed by atoms with van der Waals surface area (Å²) in [4.78, 5) is 9.05. The van der Waals surface area contributed by atoms with E-state index in [2.05, 4.69) is 39.9 Å². The van der Waals surface area contributed by atoms with Crippen molar-refractivity contribution in [2.45, 2.75) is 43.9 Å². The summed E-state index contributed by atoms with van der Waals surface area (Å²) in [5.41, 5.74) is 2.15. The van der Waals surface area contributed by atoms with Crippen LogP contribution in [0.5, 0.6) is 0 Å². The molecule has 4 rings (SSSR count). The van der Waals surface area contributed by atoms with Crippen molar-refractivity contribution in [3.8, 4) is 0 Å². The van der Waals surface area contributed by atoms with Crippen molar-refractivity contribution < 1.29 is 4.74 Å². The second-order valence-electron chi connectivity index (χ2n) is 6.60. The largest absolute Gasteiger partial charge is 0.373 e. The number of nitrogens with zero attached hydrogens (tertiary/aromatic N) is 2. The minimum Gasteiger partial charge on any atom is -0.373 e. The first-order valence-electron chi connectivity index (χ1n) is 8.79. The molecular formula is C19H25IN4O. The zero-order valence-electron chi connectivity index (χ0n) is 14.4. The van der Waals surface area contributed by atoms with Gasteiger partial charge in [0.25, 0.3) is 0 Å². The van der Waals surface area contributed by atoms with Crippen LogP contribution in [0.4, 0.5) is 0 Å².